The van der Waals surface area contributed by atoms with Gasteiger partial charge in [0.1, 0.15) is 5.69 Å². The van der Waals surface area contributed by atoms with Gasteiger partial charge in [0.05, 0.1) is 5.69 Å². The van der Waals surface area contributed by atoms with E-state index in [1.54, 1.807) is 0 Å². The molecule has 12 heavy (non-hydrogen) atoms. The van der Waals surface area contributed by atoms with E-state index >= 15 is 0 Å². The van der Waals surface area contributed by atoms with Crippen LogP contribution < -0.4 is 10.9 Å². The highest BCUT2D eigenvalue weighted by Crippen LogP contribution is 2.29. The van der Waals surface area contributed by atoms with E-state index in [0.29, 0.717) is 0 Å². The van der Waals surface area contributed by atoms with Gasteiger partial charge in [-0.25, -0.2) is 5.54 Å². The average Bonchev–Trinajstić information content (AvgIpc) is 2.04. The van der Waals surface area contributed by atoms with Crippen molar-refractivity contribution in [2.45, 2.75) is 0 Å². The fraction of sp³-hybridized carbons (Fsp3) is 0. The quantitative estimate of drug-likeness (QED) is 0.731. The van der Waals surface area contributed by atoms with Gasteiger partial charge in [-0.1, -0.05) is 20.6 Å². The lowest BCUT2D eigenvalue weighted by atomic mass is 10.3. The van der Waals surface area contributed by atoms with Crippen molar-refractivity contribution in [2.75, 3.05) is 10.9 Å². The zero-order valence-corrected chi connectivity index (χ0v) is 6.45. The van der Waals surface area contributed by atoms with Crippen LogP contribution in [0, 0.1) is 0 Å². The summed E-state index contributed by atoms with van der Waals surface area (Å²) in [4.78, 5) is 0. The highest BCUT2D eigenvalue weighted by Gasteiger charge is 2.10. The molecule has 2 nitrogen and oxygen atoms in total. The lowest BCUT2D eigenvalue weighted by Crippen LogP contribution is -1.99. The van der Waals surface area contributed by atoms with Gasteiger partial charge >= 0.3 is 0 Å². The summed E-state index contributed by atoms with van der Waals surface area (Å²) >= 11 is 5.41. The van der Waals surface area contributed by atoms with Crippen LogP contribution in [0.1, 0.15) is 0 Å². The van der Waals surface area contributed by atoms with E-state index in [-0.39, 0.29) is 10.7 Å². The third-order valence-electron chi connectivity index (χ3n) is 1.24. The first-order valence-corrected chi connectivity index (χ1v) is 3.31. The molecule has 0 aliphatic heterocycles. The number of benzene rings is 1. The molecule has 0 aliphatic rings. The smallest absolute Gasteiger partial charge is 0.132 e. The van der Waals surface area contributed by atoms with E-state index in [4.69, 9.17) is 11.6 Å². The Balaban J connectivity index is 3.12. The standard InChI is InChI=1S/C6H4ClF3N2/c7-4-1-2-5(11-8)6(3-4)12(9)10/h1-3,11H. The van der Waals surface area contributed by atoms with Crippen molar-refractivity contribution in [1.82, 2.24) is 0 Å². The van der Waals surface area contributed by atoms with Gasteiger partial charge in [-0.15, -0.1) is 4.48 Å². The van der Waals surface area contributed by atoms with Gasteiger partial charge < -0.3 is 0 Å². The summed E-state index contributed by atoms with van der Waals surface area (Å²) in [5.74, 6) is 0. The number of nitrogens with zero attached hydrogens (tertiary/aromatic N) is 1. The van der Waals surface area contributed by atoms with Crippen molar-refractivity contribution in [1.29, 1.82) is 0 Å². The van der Waals surface area contributed by atoms with Crippen LogP contribution in [0.3, 0.4) is 0 Å². The fourth-order valence-electron chi connectivity index (χ4n) is 0.725. The van der Waals surface area contributed by atoms with E-state index in [9.17, 15) is 13.4 Å². The number of rotatable bonds is 2. The molecule has 0 atom stereocenters. The molecule has 0 heterocycles. The zero-order chi connectivity index (χ0) is 9.14. The van der Waals surface area contributed by atoms with Crippen LogP contribution in [0.4, 0.5) is 24.8 Å². The SMILES string of the molecule is FNc1ccc(Cl)cc1N(F)F. The van der Waals surface area contributed by atoms with Gasteiger partial charge in [-0.2, -0.15) is 0 Å². The predicted octanol–water partition coefficient (Wildman–Crippen LogP) is 3.21. The largest absolute Gasteiger partial charge is 0.222 e. The zero-order valence-electron chi connectivity index (χ0n) is 5.69. The van der Waals surface area contributed by atoms with E-state index in [2.05, 4.69) is 0 Å². The molecule has 6 heteroatoms. The number of anilines is 2. The summed E-state index contributed by atoms with van der Waals surface area (Å²) in [5.41, 5.74) is 0.188. The predicted molar refractivity (Wildman–Crippen MR) is 40.9 cm³/mol. The molecule has 1 aromatic rings. The number of hydrogen-bond acceptors (Lipinski definition) is 2. The Labute approximate surface area is 71.3 Å². The van der Waals surface area contributed by atoms with Crippen molar-refractivity contribution in [3.05, 3.63) is 23.2 Å². The van der Waals surface area contributed by atoms with E-state index in [0.717, 1.165) is 17.7 Å². The fourth-order valence-corrected chi connectivity index (χ4v) is 0.891. The molecule has 0 fully saturated rings. The van der Waals surface area contributed by atoms with Crippen LogP contribution in [0.2, 0.25) is 5.02 Å². The molecule has 0 bridgehead atoms. The van der Waals surface area contributed by atoms with E-state index in [1.807, 2.05) is 0 Å². The monoisotopic (exact) mass is 196 g/mol. The minimum absolute atomic E-state index is 0.115. The molecule has 0 saturated carbocycles. The van der Waals surface area contributed by atoms with Gasteiger partial charge in [-0.05, 0) is 23.5 Å². The second kappa shape index (κ2) is 3.53. The molecule has 1 rings (SSSR count). The summed E-state index contributed by atoms with van der Waals surface area (Å²) in [6.45, 7) is 0. The first kappa shape index (κ1) is 8.99. The van der Waals surface area contributed by atoms with Crippen LogP contribution in [0.15, 0.2) is 18.2 Å². The molecule has 1 aromatic carbocycles. The molecule has 0 unspecified atom stereocenters. The maximum atomic E-state index is 12.0. The molecular weight excluding hydrogens is 193 g/mol. The van der Waals surface area contributed by atoms with Crippen LogP contribution in [-0.2, 0) is 0 Å². The Morgan fingerprint density at radius 1 is 1.33 bits per heavy atom. The third-order valence-corrected chi connectivity index (χ3v) is 1.48. The highest BCUT2D eigenvalue weighted by atomic mass is 35.5. The van der Waals surface area contributed by atoms with Crippen LogP contribution in [0.5, 0.6) is 0 Å². The van der Waals surface area contributed by atoms with E-state index < -0.39 is 11.0 Å². The lowest BCUT2D eigenvalue weighted by molar-refractivity contribution is 0.235. The van der Waals surface area contributed by atoms with Crippen molar-refractivity contribution in [3.8, 4) is 0 Å². The molecular formula is C6H4ClF3N2. The Morgan fingerprint density at radius 2 is 2.00 bits per heavy atom. The molecule has 0 amide bonds. The maximum Gasteiger partial charge on any atom is 0.132 e. The second-order valence-electron chi connectivity index (χ2n) is 1.99. The lowest BCUT2D eigenvalue weighted by Gasteiger charge is -2.06. The van der Waals surface area contributed by atoms with Gasteiger partial charge in [0.2, 0.25) is 0 Å². The van der Waals surface area contributed by atoms with Gasteiger partial charge in [-0.3, -0.25) is 0 Å². The van der Waals surface area contributed by atoms with Crippen molar-refractivity contribution >= 4 is 23.0 Å². The minimum Gasteiger partial charge on any atom is -0.222 e. The third kappa shape index (κ3) is 1.73. The van der Waals surface area contributed by atoms with Crippen LogP contribution in [-0.4, -0.2) is 0 Å². The van der Waals surface area contributed by atoms with Crippen LogP contribution >= 0.6 is 11.6 Å². The number of nitrogens with one attached hydrogen (secondary N) is 1. The Hall–Kier alpha value is -1.10. The van der Waals surface area contributed by atoms with Gasteiger partial charge in [0, 0.05) is 5.02 Å². The highest BCUT2D eigenvalue weighted by molar-refractivity contribution is 6.31. The maximum absolute atomic E-state index is 12.0. The molecule has 66 valence electrons. The van der Waals surface area contributed by atoms with Crippen molar-refractivity contribution < 1.29 is 13.4 Å². The average molecular weight is 197 g/mol. The van der Waals surface area contributed by atoms with Gasteiger partial charge in [0.15, 0.2) is 0 Å². The molecule has 0 aliphatic carbocycles. The van der Waals surface area contributed by atoms with E-state index in [1.165, 1.54) is 6.07 Å². The first-order valence-electron chi connectivity index (χ1n) is 2.93. The molecule has 1 N–H and O–H groups in total. The number of halogens is 4. The normalized spacial score (nSPS) is 9.67. The number of hydrogen-bond donors (Lipinski definition) is 1. The molecule has 0 spiro atoms. The Bertz CT molecular complexity index is 279. The molecule has 0 aromatic heterocycles. The minimum atomic E-state index is -1.21. The summed E-state index contributed by atoms with van der Waals surface area (Å²) in [6, 6.07) is 3.36. The summed E-state index contributed by atoms with van der Waals surface area (Å²) in [6.07, 6.45) is 0. The van der Waals surface area contributed by atoms with Crippen LogP contribution in [0.25, 0.3) is 0 Å². The van der Waals surface area contributed by atoms with Crippen molar-refractivity contribution in [3.63, 3.8) is 0 Å². The molecule has 0 radical (unpaired) electrons. The first-order chi connectivity index (χ1) is 5.65. The summed E-state index contributed by atoms with van der Waals surface area (Å²) < 4.78 is 35.7. The topological polar surface area (TPSA) is 15.3 Å². The Kier molecular flexibility index (Phi) is 2.65. The summed E-state index contributed by atoms with van der Waals surface area (Å²) in [5, 5.41) is -1.10. The second-order valence-corrected chi connectivity index (χ2v) is 2.43. The Morgan fingerprint density at radius 3 is 2.50 bits per heavy atom. The molecule has 0 saturated heterocycles. The summed E-state index contributed by atoms with van der Waals surface area (Å²) in [7, 11) is 0. The van der Waals surface area contributed by atoms with Gasteiger partial charge in [0.25, 0.3) is 0 Å². The van der Waals surface area contributed by atoms with Crippen molar-refractivity contribution in [2.24, 2.45) is 0 Å².